The zero-order valence-electron chi connectivity index (χ0n) is 15.9. The highest BCUT2D eigenvalue weighted by Gasteiger charge is 2.22. The Bertz CT molecular complexity index is 929. The van der Waals surface area contributed by atoms with E-state index in [1.807, 2.05) is 42.2 Å². The number of aromatic nitrogens is 4. The fraction of sp³-hybridized carbons (Fsp3) is 0.450. The van der Waals surface area contributed by atoms with Crippen molar-refractivity contribution in [3.63, 3.8) is 0 Å². The lowest BCUT2D eigenvalue weighted by molar-refractivity contribution is 0.288. The molecule has 2 heterocycles. The molecule has 0 unspecified atom stereocenters. The summed E-state index contributed by atoms with van der Waals surface area (Å²) in [5, 5.41) is 8.90. The van der Waals surface area contributed by atoms with Crippen LogP contribution in [0.2, 0.25) is 0 Å². The van der Waals surface area contributed by atoms with Crippen molar-refractivity contribution in [2.24, 2.45) is 11.7 Å². The van der Waals surface area contributed by atoms with Gasteiger partial charge in [0, 0.05) is 31.4 Å². The number of rotatable bonds is 5. The van der Waals surface area contributed by atoms with E-state index in [-0.39, 0.29) is 0 Å². The number of hydrogen-bond acceptors (Lipinski definition) is 6. The minimum Gasteiger partial charge on any atom is -0.497 e. The van der Waals surface area contributed by atoms with Crippen molar-refractivity contribution in [1.82, 2.24) is 19.7 Å². The van der Waals surface area contributed by atoms with Crippen molar-refractivity contribution < 1.29 is 4.74 Å². The van der Waals surface area contributed by atoms with E-state index in [4.69, 9.17) is 15.6 Å². The van der Waals surface area contributed by atoms with Crippen LogP contribution in [0.4, 0.5) is 5.95 Å². The lowest BCUT2D eigenvalue weighted by atomic mass is 9.86. The van der Waals surface area contributed by atoms with Crippen LogP contribution in [0.1, 0.15) is 25.7 Å². The molecule has 142 valence electrons. The molecular weight excluding hydrogens is 340 g/mol. The number of methoxy groups -OCH3 is 1. The summed E-state index contributed by atoms with van der Waals surface area (Å²) >= 11 is 0. The Morgan fingerprint density at radius 1 is 1.26 bits per heavy atom. The Kier molecular flexibility index (Phi) is 4.94. The van der Waals surface area contributed by atoms with E-state index >= 15 is 0 Å². The molecule has 4 rings (SSSR count). The number of benzene rings is 1. The molecule has 0 radical (unpaired) electrons. The van der Waals surface area contributed by atoms with Crippen LogP contribution in [0.25, 0.3) is 22.3 Å². The molecule has 3 N–H and O–H groups in total. The van der Waals surface area contributed by atoms with E-state index in [0.717, 1.165) is 60.3 Å². The van der Waals surface area contributed by atoms with Crippen LogP contribution in [0.3, 0.4) is 0 Å². The van der Waals surface area contributed by atoms with Crippen LogP contribution in [-0.2, 0) is 6.54 Å². The minimum atomic E-state index is 0.348. The van der Waals surface area contributed by atoms with Gasteiger partial charge in [0.1, 0.15) is 11.4 Å². The molecule has 0 spiro atoms. The predicted molar refractivity (Wildman–Crippen MR) is 107 cm³/mol. The van der Waals surface area contributed by atoms with E-state index in [2.05, 4.69) is 15.3 Å². The first-order chi connectivity index (χ1) is 13.2. The highest BCUT2D eigenvalue weighted by molar-refractivity contribution is 5.91. The van der Waals surface area contributed by atoms with Gasteiger partial charge in [-0.2, -0.15) is 10.1 Å². The maximum atomic E-state index is 6.06. The molecule has 0 bridgehead atoms. The summed E-state index contributed by atoms with van der Waals surface area (Å²) < 4.78 is 7.41. The molecule has 1 saturated carbocycles. The predicted octanol–water partition coefficient (Wildman–Crippen LogP) is 3.06. The quantitative estimate of drug-likeness (QED) is 0.721. The third-order valence-electron chi connectivity index (χ3n) is 5.38. The number of hydrogen-bond donors (Lipinski definition) is 2. The second kappa shape index (κ2) is 7.52. The molecule has 1 aliphatic carbocycles. The van der Waals surface area contributed by atoms with Crippen molar-refractivity contribution in [1.29, 1.82) is 0 Å². The molecule has 1 aliphatic rings. The van der Waals surface area contributed by atoms with Crippen molar-refractivity contribution in [2.75, 3.05) is 19.5 Å². The normalized spacial score (nSPS) is 20.0. The van der Waals surface area contributed by atoms with Gasteiger partial charge in [0.25, 0.3) is 0 Å². The maximum absolute atomic E-state index is 6.06. The van der Waals surface area contributed by atoms with Gasteiger partial charge in [-0.05, 0) is 43.7 Å². The zero-order chi connectivity index (χ0) is 18.8. The van der Waals surface area contributed by atoms with Gasteiger partial charge in [-0.25, -0.2) is 9.67 Å². The monoisotopic (exact) mass is 366 g/mol. The van der Waals surface area contributed by atoms with Crippen LogP contribution in [0.15, 0.2) is 30.5 Å². The fourth-order valence-electron chi connectivity index (χ4n) is 3.81. The van der Waals surface area contributed by atoms with Gasteiger partial charge < -0.3 is 15.8 Å². The highest BCUT2D eigenvalue weighted by Crippen LogP contribution is 2.31. The van der Waals surface area contributed by atoms with E-state index in [0.29, 0.717) is 17.9 Å². The number of fused-ring (bicyclic) bond motifs is 1. The topological polar surface area (TPSA) is 90.9 Å². The fourth-order valence-corrected chi connectivity index (χ4v) is 3.81. The van der Waals surface area contributed by atoms with Crippen LogP contribution >= 0.6 is 0 Å². The van der Waals surface area contributed by atoms with Gasteiger partial charge in [-0.3, -0.25) is 0 Å². The highest BCUT2D eigenvalue weighted by atomic mass is 16.5. The third kappa shape index (κ3) is 3.60. The molecule has 7 heteroatoms. The second-order valence-electron chi connectivity index (χ2n) is 7.22. The largest absolute Gasteiger partial charge is 0.497 e. The molecule has 0 amide bonds. The number of nitrogens with two attached hydrogens (primary N) is 1. The molecule has 2 aromatic heterocycles. The Hall–Kier alpha value is -2.67. The van der Waals surface area contributed by atoms with Crippen molar-refractivity contribution in [2.45, 2.75) is 38.3 Å². The first-order valence-electron chi connectivity index (χ1n) is 9.49. The average Bonchev–Trinajstić information content (AvgIpc) is 3.07. The van der Waals surface area contributed by atoms with Crippen molar-refractivity contribution in [3.05, 3.63) is 30.5 Å². The summed E-state index contributed by atoms with van der Waals surface area (Å²) in [6.07, 6.45) is 6.30. The van der Waals surface area contributed by atoms with Gasteiger partial charge in [-0.15, -0.1) is 0 Å². The van der Waals surface area contributed by atoms with Crippen LogP contribution in [0.5, 0.6) is 5.75 Å². The lowest BCUT2D eigenvalue weighted by Crippen LogP contribution is -2.28. The molecule has 0 atom stereocenters. The standard InChI is InChI=1S/C20H26N6O/c1-22-20-23-11-17-18(14-4-3-5-16(10-14)27-2)25-26(19(17)24-20)12-13-6-8-15(21)9-7-13/h3-5,10-11,13,15H,6-9,12,21H2,1-2H3,(H,22,23,24). The molecule has 7 nitrogen and oxygen atoms in total. The van der Waals surface area contributed by atoms with E-state index in [9.17, 15) is 0 Å². The Balaban J connectivity index is 1.75. The Morgan fingerprint density at radius 2 is 2.07 bits per heavy atom. The SMILES string of the molecule is CNc1ncc2c(-c3cccc(OC)c3)nn(CC3CCC(N)CC3)c2n1. The Morgan fingerprint density at radius 3 is 2.81 bits per heavy atom. The average molecular weight is 366 g/mol. The molecule has 3 aromatic rings. The zero-order valence-corrected chi connectivity index (χ0v) is 15.9. The number of nitrogens with zero attached hydrogens (tertiary/aromatic N) is 4. The summed E-state index contributed by atoms with van der Waals surface area (Å²) in [4.78, 5) is 9.09. The van der Waals surface area contributed by atoms with Gasteiger partial charge in [0.15, 0.2) is 5.65 Å². The molecule has 27 heavy (non-hydrogen) atoms. The molecule has 1 aromatic carbocycles. The number of nitrogens with one attached hydrogen (secondary N) is 1. The van der Waals surface area contributed by atoms with Crippen LogP contribution < -0.4 is 15.8 Å². The summed E-state index contributed by atoms with van der Waals surface area (Å²) in [5.41, 5.74) is 8.82. The summed E-state index contributed by atoms with van der Waals surface area (Å²) in [6.45, 7) is 0.855. The third-order valence-corrected chi connectivity index (χ3v) is 5.38. The first-order valence-corrected chi connectivity index (χ1v) is 9.49. The maximum Gasteiger partial charge on any atom is 0.224 e. The van der Waals surface area contributed by atoms with Crippen LogP contribution in [0, 0.1) is 5.92 Å². The van der Waals surface area contributed by atoms with E-state index in [1.165, 1.54) is 0 Å². The van der Waals surface area contributed by atoms with Crippen molar-refractivity contribution >= 4 is 17.0 Å². The summed E-state index contributed by atoms with van der Waals surface area (Å²) in [7, 11) is 3.50. The molecular formula is C20H26N6O. The number of ether oxygens (including phenoxy) is 1. The second-order valence-corrected chi connectivity index (χ2v) is 7.22. The number of anilines is 1. The Labute approximate surface area is 158 Å². The molecule has 0 aliphatic heterocycles. The van der Waals surface area contributed by atoms with E-state index in [1.54, 1.807) is 7.11 Å². The van der Waals surface area contributed by atoms with Crippen LogP contribution in [-0.4, -0.2) is 39.9 Å². The smallest absolute Gasteiger partial charge is 0.224 e. The van der Waals surface area contributed by atoms with Crippen molar-refractivity contribution in [3.8, 4) is 17.0 Å². The minimum absolute atomic E-state index is 0.348. The lowest BCUT2D eigenvalue weighted by Gasteiger charge is -2.25. The summed E-state index contributed by atoms with van der Waals surface area (Å²) in [6, 6.07) is 8.30. The van der Waals surface area contributed by atoms with Gasteiger partial charge in [0.2, 0.25) is 5.95 Å². The van der Waals surface area contributed by atoms with Gasteiger partial charge in [-0.1, -0.05) is 12.1 Å². The van der Waals surface area contributed by atoms with E-state index < -0.39 is 0 Å². The van der Waals surface area contributed by atoms with Gasteiger partial charge in [0.05, 0.1) is 12.5 Å². The molecule has 1 fully saturated rings. The van der Waals surface area contributed by atoms with Gasteiger partial charge >= 0.3 is 0 Å². The summed E-state index contributed by atoms with van der Waals surface area (Å²) in [5.74, 6) is 2.00. The first kappa shape index (κ1) is 17.7. The molecule has 0 saturated heterocycles.